The maximum Gasteiger partial charge on any atom is 0.131 e. The van der Waals surface area contributed by atoms with Crippen LogP contribution in [-0.4, -0.2) is 9.97 Å². The highest BCUT2D eigenvalue weighted by Crippen LogP contribution is 2.43. The topological polar surface area (TPSA) is 25.8 Å². The molecule has 26 heavy (non-hydrogen) atoms. The fraction of sp³-hybridized carbons (Fsp3) is 0.833. The normalized spacial score (nSPS) is 29.6. The quantitative estimate of drug-likeness (QED) is 0.497. The third kappa shape index (κ3) is 5.54. The first kappa shape index (κ1) is 19.8. The Bertz CT molecular complexity index is 493. The number of rotatable bonds is 8. The first-order chi connectivity index (χ1) is 12.8. The van der Waals surface area contributed by atoms with Gasteiger partial charge in [0.15, 0.2) is 0 Å². The van der Waals surface area contributed by atoms with Crippen molar-refractivity contribution in [2.24, 2.45) is 17.8 Å². The monoisotopic (exact) mass is 356 g/mol. The number of hydrogen-bond acceptors (Lipinski definition) is 2. The van der Waals surface area contributed by atoms with Gasteiger partial charge in [0, 0.05) is 18.3 Å². The van der Waals surface area contributed by atoms with E-state index in [4.69, 9.17) is 9.97 Å². The van der Waals surface area contributed by atoms with Crippen LogP contribution in [-0.2, 0) is 6.42 Å². The summed E-state index contributed by atoms with van der Waals surface area (Å²) in [4.78, 5) is 9.44. The lowest BCUT2D eigenvalue weighted by molar-refractivity contribution is 0.154. The van der Waals surface area contributed by atoms with E-state index in [1.165, 1.54) is 89.0 Å². The Morgan fingerprint density at radius 2 is 1.35 bits per heavy atom. The molecule has 2 fully saturated rings. The van der Waals surface area contributed by atoms with Gasteiger partial charge in [0.2, 0.25) is 0 Å². The molecule has 0 saturated heterocycles. The van der Waals surface area contributed by atoms with E-state index in [0.29, 0.717) is 5.92 Å². The van der Waals surface area contributed by atoms with Gasteiger partial charge in [-0.15, -0.1) is 0 Å². The number of aromatic nitrogens is 2. The molecule has 0 radical (unpaired) electrons. The van der Waals surface area contributed by atoms with Crippen molar-refractivity contribution in [1.82, 2.24) is 9.97 Å². The van der Waals surface area contributed by atoms with Crippen LogP contribution in [0.2, 0.25) is 0 Å². The molecule has 1 heterocycles. The van der Waals surface area contributed by atoms with E-state index in [9.17, 15) is 0 Å². The molecule has 0 spiro atoms. The summed E-state index contributed by atoms with van der Waals surface area (Å²) in [5, 5.41) is 0. The van der Waals surface area contributed by atoms with Gasteiger partial charge in [-0.05, 0) is 74.7 Å². The van der Waals surface area contributed by atoms with Gasteiger partial charge in [0.25, 0.3) is 0 Å². The highest BCUT2D eigenvalue weighted by atomic mass is 14.9. The largest absolute Gasteiger partial charge is 0.241 e. The van der Waals surface area contributed by atoms with Crippen molar-refractivity contribution in [3.8, 4) is 0 Å². The summed E-state index contributed by atoms with van der Waals surface area (Å²) in [6.45, 7) is 4.57. The van der Waals surface area contributed by atoms with Crippen molar-refractivity contribution in [1.29, 1.82) is 0 Å². The number of aryl methyl sites for hydroxylation is 1. The highest BCUT2D eigenvalue weighted by Gasteiger charge is 2.31. The Kier molecular flexibility index (Phi) is 7.95. The van der Waals surface area contributed by atoms with Gasteiger partial charge in [-0.2, -0.15) is 0 Å². The second kappa shape index (κ2) is 10.4. The van der Waals surface area contributed by atoms with Crippen LogP contribution in [0.4, 0.5) is 0 Å². The fourth-order valence-corrected chi connectivity index (χ4v) is 5.38. The van der Waals surface area contributed by atoms with E-state index in [1.807, 2.05) is 0 Å². The molecule has 0 unspecified atom stereocenters. The summed E-state index contributed by atoms with van der Waals surface area (Å²) in [6, 6.07) is 0. The van der Waals surface area contributed by atoms with Crippen molar-refractivity contribution in [2.45, 2.75) is 110 Å². The first-order valence-corrected chi connectivity index (χ1v) is 11.6. The molecule has 2 saturated carbocycles. The molecule has 2 heteroatoms. The summed E-state index contributed by atoms with van der Waals surface area (Å²) < 4.78 is 0. The van der Waals surface area contributed by atoms with Gasteiger partial charge >= 0.3 is 0 Å². The van der Waals surface area contributed by atoms with Crippen molar-refractivity contribution >= 4 is 0 Å². The second-order valence-corrected chi connectivity index (χ2v) is 9.09. The molecule has 0 atom stereocenters. The van der Waals surface area contributed by atoms with E-state index in [1.54, 1.807) is 0 Å². The van der Waals surface area contributed by atoms with Crippen molar-refractivity contribution in [2.75, 3.05) is 0 Å². The Labute approximate surface area is 161 Å². The lowest BCUT2D eigenvalue weighted by Crippen LogP contribution is -2.25. The zero-order valence-electron chi connectivity index (χ0n) is 17.3. The number of nitrogens with zero attached hydrogens (tertiary/aromatic N) is 2. The zero-order chi connectivity index (χ0) is 18.2. The zero-order valence-corrected chi connectivity index (χ0v) is 17.3. The average molecular weight is 357 g/mol. The molecule has 0 aromatic carbocycles. The fourth-order valence-electron chi connectivity index (χ4n) is 5.38. The maximum absolute atomic E-state index is 4.72. The molecule has 3 rings (SSSR count). The smallest absolute Gasteiger partial charge is 0.131 e. The van der Waals surface area contributed by atoms with Crippen LogP contribution in [0.5, 0.6) is 0 Å². The summed E-state index contributed by atoms with van der Waals surface area (Å²) in [7, 11) is 0. The third-order valence-corrected chi connectivity index (χ3v) is 7.21. The Hall–Kier alpha value is -0.920. The molecule has 2 aliphatic rings. The molecule has 146 valence electrons. The van der Waals surface area contributed by atoms with E-state index in [0.717, 1.165) is 30.0 Å². The van der Waals surface area contributed by atoms with E-state index in [-0.39, 0.29) is 0 Å². The van der Waals surface area contributed by atoms with Crippen LogP contribution in [0.15, 0.2) is 12.4 Å². The maximum atomic E-state index is 4.72. The summed E-state index contributed by atoms with van der Waals surface area (Å²) >= 11 is 0. The predicted molar refractivity (Wildman–Crippen MR) is 110 cm³/mol. The average Bonchev–Trinajstić information content (AvgIpc) is 2.72. The lowest BCUT2D eigenvalue weighted by Gasteiger charge is -2.37. The molecule has 1 aromatic heterocycles. The van der Waals surface area contributed by atoms with Crippen molar-refractivity contribution in [3.05, 3.63) is 23.8 Å². The van der Waals surface area contributed by atoms with Gasteiger partial charge in [0.05, 0.1) is 0 Å². The van der Waals surface area contributed by atoms with E-state index < -0.39 is 0 Å². The Morgan fingerprint density at radius 1 is 0.769 bits per heavy atom. The van der Waals surface area contributed by atoms with Gasteiger partial charge in [0.1, 0.15) is 5.82 Å². The van der Waals surface area contributed by atoms with Crippen LogP contribution < -0.4 is 0 Å². The molecule has 0 amide bonds. The third-order valence-electron chi connectivity index (χ3n) is 7.21. The number of hydrogen-bond donors (Lipinski definition) is 0. The van der Waals surface area contributed by atoms with Gasteiger partial charge in [-0.3, -0.25) is 0 Å². The van der Waals surface area contributed by atoms with Gasteiger partial charge in [-0.25, -0.2) is 9.97 Å². The Balaban J connectivity index is 1.41. The van der Waals surface area contributed by atoms with Gasteiger partial charge < -0.3 is 0 Å². The minimum atomic E-state index is 0.618. The van der Waals surface area contributed by atoms with E-state index in [2.05, 4.69) is 26.2 Å². The summed E-state index contributed by atoms with van der Waals surface area (Å²) in [6.07, 6.45) is 23.6. The molecule has 0 aliphatic heterocycles. The molecule has 2 nitrogen and oxygen atoms in total. The predicted octanol–water partition coefficient (Wildman–Crippen LogP) is 7.09. The minimum Gasteiger partial charge on any atom is -0.241 e. The Morgan fingerprint density at radius 3 is 1.92 bits per heavy atom. The SMILES string of the molecule is CCCCc1cnc(C2CCC([C@H]3CC[C@H](CCCC)CC3)CC2)nc1. The minimum absolute atomic E-state index is 0.618. The molecular weight excluding hydrogens is 316 g/mol. The summed E-state index contributed by atoms with van der Waals surface area (Å²) in [5.41, 5.74) is 1.31. The van der Waals surface area contributed by atoms with E-state index >= 15 is 0 Å². The second-order valence-electron chi connectivity index (χ2n) is 9.09. The standard InChI is InChI=1S/C24H40N2/c1-3-5-7-19-9-11-21(12-10-19)22-13-15-23(16-14-22)24-25-17-20(18-26-24)8-6-4-2/h17-19,21-23H,3-16H2,1-2H3/t19-,21-,22?,23?. The first-order valence-electron chi connectivity index (χ1n) is 11.6. The molecule has 0 bridgehead atoms. The molecule has 0 N–H and O–H groups in total. The summed E-state index contributed by atoms with van der Waals surface area (Å²) in [5.74, 6) is 4.79. The van der Waals surface area contributed by atoms with Crippen molar-refractivity contribution < 1.29 is 0 Å². The number of unbranched alkanes of at least 4 members (excludes halogenated alkanes) is 2. The lowest BCUT2D eigenvalue weighted by atomic mass is 9.68. The highest BCUT2D eigenvalue weighted by molar-refractivity contribution is 5.08. The van der Waals surface area contributed by atoms with Crippen LogP contribution in [0.1, 0.15) is 115 Å². The van der Waals surface area contributed by atoms with Crippen LogP contribution in [0.3, 0.4) is 0 Å². The molecule has 2 aliphatic carbocycles. The molecule has 1 aromatic rings. The van der Waals surface area contributed by atoms with Crippen LogP contribution in [0.25, 0.3) is 0 Å². The molecular formula is C24H40N2. The van der Waals surface area contributed by atoms with Crippen LogP contribution in [0, 0.1) is 17.8 Å². The van der Waals surface area contributed by atoms with Crippen LogP contribution >= 0.6 is 0 Å². The van der Waals surface area contributed by atoms with Gasteiger partial charge in [-0.1, -0.05) is 52.4 Å². The van der Waals surface area contributed by atoms with Crippen molar-refractivity contribution in [3.63, 3.8) is 0 Å².